The van der Waals surface area contributed by atoms with Crippen molar-refractivity contribution in [1.29, 1.82) is 0 Å². The molecule has 132 valence electrons. The van der Waals surface area contributed by atoms with Gasteiger partial charge in [-0.2, -0.15) is 0 Å². The molecule has 0 atom stereocenters. The van der Waals surface area contributed by atoms with E-state index in [-0.39, 0.29) is 11.6 Å². The van der Waals surface area contributed by atoms with Crippen LogP contribution in [0.25, 0.3) is 0 Å². The summed E-state index contributed by atoms with van der Waals surface area (Å²) in [6.45, 7) is 4.81. The smallest absolute Gasteiger partial charge is 0.269 e. The lowest BCUT2D eigenvalue weighted by Gasteiger charge is -2.35. The Balaban J connectivity index is 1.62. The van der Waals surface area contributed by atoms with Crippen molar-refractivity contribution >= 4 is 44.5 Å². The van der Waals surface area contributed by atoms with Gasteiger partial charge in [-0.25, -0.2) is 0 Å². The van der Waals surface area contributed by atoms with Gasteiger partial charge in [-0.15, -0.1) is 11.3 Å². The van der Waals surface area contributed by atoms with E-state index < -0.39 is 4.92 Å². The van der Waals surface area contributed by atoms with Crippen molar-refractivity contribution in [3.8, 4) is 0 Å². The molecule has 25 heavy (non-hydrogen) atoms. The van der Waals surface area contributed by atoms with Gasteiger partial charge in [0, 0.05) is 53.3 Å². The van der Waals surface area contributed by atoms with Gasteiger partial charge in [0.15, 0.2) is 0 Å². The summed E-state index contributed by atoms with van der Waals surface area (Å²) in [5.41, 5.74) is 1.04. The number of nitrogens with zero attached hydrogens (tertiary/aromatic N) is 3. The minimum Gasteiger partial charge on any atom is -0.368 e. The van der Waals surface area contributed by atoms with Crippen molar-refractivity contribution < 1.29 is 9.72 Å². The second-order valence-corrected chi connectivity index (χ2v) is 7.78. The van der Waals surface area contributed by atoms with Gasteiger partial charge < -0.3 is 9.80 Å². The Bertz CT molecular complexity index is 783. The number of carbonyl (C=O) groups excluding carboxylic acids is 1. The SMILES string of the molecule is CCc1sc(C(=O)N2CCN(c3ccc([N+](=O)[O-])cc3)CC2)cc1Br. The van der Waals surface area contributed by atoms with Crippen molar-refractivity contribution in [2.24, 2.45) is 0 Å². The van der Waals surface area contributed by atoms with Crippen LogP contribution in [0.15, 0.2) is 34.8 Å². The number of benzene rings is 1. The minimum atomic E-state index is -0.399. The molecule has 0 unspecified atom stereocenters. The predicted molar refractivity (Wildman–Crippen MR) is 103 cm³/mol. The third-order valence-corrected chi connectivity index (χ3v) is 6.52. The van der Waals surface area contributed by atoms with Crippen LogP contribution in [-0.2, 0) is 6.42 Å². The number of amides is 1. The zero-order chi connectivity index (χ0) is 18.0. The highest BCUT2D eigenvalue weighted by Gasteiger charge is 2.24. The number of nitro benzene ring substituents is 1. The number of anilines is 1. The third-order valence-electron chi connectivity index (χ3n) is 4.28. The van der Waals surface area contributed by atoms with E-state index in [1.54, 1.807) is 23.5 Å². The molecule has 2 aromatic rings. The monoisotopic (exact) mass is 423 g/mol. The van der Waals surface area contributed by atoms with E-state index in [1.807, 2.05) is 11.0 Å². The van der Waals surface area contributed by atoms with Crippen LogP contribution in [0.4, 0.5) is 11.4 Å². The molecule has 1 aromatic heterocycles. The number of carbonyl (C=O) groups is 1. The fourth-order valence-corrected chi connectivity index (χ4v) is 4.72. The lowest BCUT2D eigenvalue weighted by Crippen LogP contribution is -2.48. The lowest BCUT2D eigenvalue weighted by molar-refractivity contribution is -0.384. The summed E-state index contributed by atoms with van der Waals surface area (Å²) in [7, 11) is 0. The number of rotatable bonds is 4. The Hall–Kier alpha value is -1.93. The first-order valence-corrected chi connectivity index (χ1v) is 9.67. The Morgan fingerprint density at radius 3 is 2.40 bits per heavy atom. The highest BCUT2D eigenvalue weighted by Crippen LogP contribution is 2.29. The Morgan fingerprint density at radius 2 is 1.88 bits per heavy atom. The topological polar surface area (TPSA) is 66.7 Å². The van der Waals surface area contributed by atoms with Gasteiger partial charge in [-0.1, -0.05) is 6.92 Å². The zero-order valence-corrected chi connectivity index (χ0v) is 16.2. The van der Waals surface area contributed by atoms with E-state index >= 15 is 0 Å². The van der Waals surface area contributed by atoms with Crippen LogP contribution in [0.3, 0.4) is 0 Å². The highest BCUT2D eigenvalue weighted by molar-refractivity contribution is 9.10. The summed E-state index contributed by atoms with van der Waals surface area (Å²) in [5.74, 6) is 0.0775. The van der Waals surface area contributed by atoms with Crippen LogP contribution in [0, 0.1) is 10.1 Å². The lowest BCUT2D eigenvalue weighted by atomic mass is 10.2. The number of piperazine rings is 1. The molecule has 1 amide bonds. The number of non-ortho nitro benzene ring substituents is 1. The Kier molecular flexibility index (Phi) is 5.39. The first-order chi connectivity index (χ1) is 12.0. The molecular formula is C17H18BrN3O3S. The van der Waals surface area contributed by atoms with Crippen LogP contribution in [-0.4, -0.2) is 41.9 Å². The van der Waals surface area contributed by atoms with Crippen molar-refractivity contribution in [3.63, 3.8) is 0 Å². The van der Waals surface area contributed by atoms with E-state index in [9.17, 15) is 14.9 Å². The molecule has 1 aliphatic heterocycles. The van der Waals surface area contributed by atoms with Gasteiger partial charge in [-0.05, 0) is 40.5 Å². The summed E-state index contributed by atoms with van der Waals surface area (Å²) in [6, 6.07) is 8.47. The summed E-state index contributed by atoms with van der Waals surface area (Å²) in [6.07, 6.45) is 0.909. The maximum absolute atomic E-state index is 12.7. The molecule has 1 fully saturated rings. The Morgan fingerprint density at radius 1 is 1.24 bits per heavy atom. The van der Waals surface area contributed by atoms with Crippen LogP contribution < -0.4 is 4.90 Å². The molecule has 1 saturated heterocycles. The zero-order valence-electron chi connectivity index (χ0n) is 13.8. The second kappa shape index (κ2) is 7.53. The molecule has 1 aromatic carbocycles. The van der Waals surface area contributed by atoms with Crippen LogP contribution >= 0.6 is 27.3 Å². The van der Waals surface area contributed by atoms with E-state index in [4.69, 9.17) is 0 Å². The molecule has 0 N–H and O–H groups in total. The van der Waals surface area contributed by atoms with Crippen LogP contribution in [0.1, 0.15) is 21.5 Å². The Labute approximate surface area is 158 Å². The molecule has 0 saturated carbocycles. The van der Waals surface area contributed by atoms with Gasteiger partial charge in [0.2, 0.25) is 0 Å². The molecule has 6 nitrogen and oxygen atoms in total. The molecule has 0 bridgehead atoms. The van der Waals surface area contributed by atoms with Crippen molar-refractivity contribution in [3.05, 3.63) is 54.7 Å². The summed E-state index contributed by atoms with van der Waals surface area (Å²) >= 11 is 5.06. The largest absolute Gasteiger partial charge is 0.368 e. The number of aryl methyl sites for hydroxylation is 1. The van der Waals surface area contributed by atoms with E-state index in [0.717, 1.165) is 34.5 Å². The van der Waals surface area contributed by atoms with E-state index in [1.165, 1.54) is 17.0 Å². The maximum atomic E-state index is 12.7. The number of nitro groups is 1. The molecule has 8 heteroatoms. The van der Waals surface area contributed by atoms with Crippen molar-refractivity contribution in [2.45, 2.75) is 13.3 Å². The van der Waals surface area contributed by atoms with Crippen LogP contribution in [0.2, 0.25) is 0 Å². The number of hydrogen-bond acceptors (Lipinski definition) is 5. The summed E-state index contributed by atoms with van der Waals surface area (Å²) < 4.78 is 1.01. The van der Waals surface area contributed by atoms with E-state index in [0.29, 0.717) is 13.1 Å². The summed E-state index contributed by atoms with van der Waals surface area (Å²) in [5, 5.41) is 10.7. The molecular weight excluding hydrogens is 406 g/mol. The summed E-state index contributed by atoms with van der Waals surface area (Å²) in [4.78, 5) is 29.0. The second-order valence-electron chi connectivity index (χ2n) is 5.79. The fraction of sp³-hybridized carbons (Fsp3) is 0.353. The predicted octanol–water partition coefficient (Wildman–Crippen LogP) is 3.94. The third kappa shape index (κ3) is 3.85. The number of hydrogen-bond donors (Lipinski definition) is 0. The number of halogens is 1. The van der Waals surface area contributed by atoms with Crippen molar-refractivity contribution in [1.82, 2.24) is 4.90 Å². The molecule has 0 aliphatic carbocycles. The molecule has 0 radical (unpaired) electrons. The van der Waals surface area contributed by atoms with Crippen molar-refractivity contribution in [2.75, 3.05) is 31.1 Å². The van der Waals surface area contributed by atoms with Gasteiger partial charge in [0.05, 0.1) is 9.80 Å². The molecule has 1 aliphatic rings. The quantitative estimate of drug-likeness (QED) is 0.551. The first-order valence-electron chi connectivity index (χ1n) is 8.06. The van der Waals surface area contributed by atoms with E-state index in [2.05, 4.69) is 27.8 Å². The fourth-order valence-electron chi connectivity index (χ4n) is 2.86. The van der Waals surface area contributed by atoms with Gasteiger partial charge >= 0.3 is 0 Å². The molecule has 3 rings (SSSR count). The first kappa shape index (κ1) is 17.9. The number of thiophene rings is 1. The van der Waals surface area contributed by atoms with Gasteiger partial charge in [0.25, 0.3) is 11.6 Å². The maximum Gasteiger partial charge on any atom is 0.269 e. The van der Waals surface area contributed by atoms with Crippen LogP contribution in [0.5, 0.6) is 0 Å². The highest BCUT2D eigenvalue weighted by atomic mass is 79.9. The normalized spacial score (nSPS) is 14.6. The average molecular weight is 424 g/mol. The average Bonchev–Trinajstić information content (AvgIpc) is 3.02. The molecule has 2 heterocycles. The van der Waals surface area contributed by atoms with Gasteiger partial charge in [-0.3, -0.25) is 14.9 Å². The minimum absolute atomic E-state index is 0.0775. The van der Waals surface area contributed by atoms with Gasteiger partial charge in [0.1, 0.15) is 0 Å². The standard InChI is InChI=1S/C17H18BrN3O3S/c1-2-15-14(18)11-16(25-15)17(22)20-9-7-19(8-10-20)12-3-5-13(6-4-12)21(23)24/h3-6,11H,2,7-10H2,1H3. The molecule has 0 spiro atoms.